The third kappa shape index (κ3) is 4.78. The van der Waals surface area contributed by atoms with Gasteiger partial charge in [-0.3, -0.25) is 0 Å². The lowest BCUT2D eigenvalue weighted by molar-refractivity contribution is -0.112. The van der Waals surface area contributed by atoms with Gasteiger partial charge in [0, 0.05) is 19.2 Å². The summed E-state index contributed by atoms with van der Waals surface area (Å²) in [6.45, 7) is -1.00. The van der Waals surface area contributed by atoms with E-state index in [1.807, 2.05) is 6.07 Å². The van der Waals surface area contributed by atoms with Crippen LogP contribution in [0.25, 0.3) is 11.5 Å². The molecular weight excluding hydrogens is 370 g/mol. The van der Waals surface area contributed by atoms with Crippen molar-refractivity contribution >= 4 is 5.88 Å². The van der Waals surface area contributed by atoms with Crippen LogP contribution in [0, 0.1) is 11.3 Å². The zero-order valence-corrected chi connectivity index (χ0v) is 15.4. The Hall–Kier alpha value is -2.68. The molecule has 2 rings (SSSR count). The van der Waals surface area contributed by atoms with Gasteiger partial charge in [-0.2, -0.15) is 10.2 Å². The SMILES string of the molecule is COc1ccc(-c2nc(C#N)c(N(C)CC(O)C(O)C(O)C(O)CO)o2)cc1. The summed E-state index contributed by atoms with van der Waals surface area (Å²) in [5.74, 6) is 0.900. The number of aliphatic hydroxyl groups is 5. The molecule has 1 aromatic carbocycles. The third-order valence-electron chi connectivity index (χ3n) is 4.19. The standard InChI is InChI=1S/C18H23N3O7/c1-21(8-13(23)15(25)16(26)14(24)9-22)18-12(7-19)20-17(28-18)10-3-5-11(27-2)6-4-10/h3-6,13-16,22-26H,8-9H2,1-2H3. The van der Waals surface area contributed by atoms with Crippen LogP contribution in [0.15, 0.2) is 28.7 Å². The first-order valence-corrected chi connectivity index (χ1v) is 8.42. The molecule has 0 spiro atoms. The van der Waals surface area contributed by atoms with Crippen molar-refractivity contribution in [1.29, 1.82) is 5.26 Å². The summed E-state index contributed by atoms with van der Waals surface area (Å²) in [5, 5.41) is 57.2. The number of methoxy groups -OCH3 is 1. The smallest absolute Gasteiger partial charge is 0.234 e. The first-order chi connectivity index (χ1) is 13.3. The minimum absolute atomic E-state index is 0.0223. The van der Waals surface area contributed by atoms with E-state index in [2.05, 4.69) is 4.98 Å². The zero-order valence-electron chi connectivity index (χ0n) is 15.4. The number of likely N-dealkylation sites (N-methyl/N-ethyl adjacent to an activating group) is 1. The number of anilines is 1. The lowest BCUT2D eigenvalue weighted by Crippen LogP contribution is -2.49. The number of nitriles is 1. The highest BCUT2D eigenvalue weighted by Crippen LogP contribution is 2.29. The number of hydrogen-bond donors (Lipinski definition) is 5. The van der Waals surface area contributed by atoms with Gasteiger partial charge in [0.15, 0.2) is 0 Å². The van der Waals surface area contributed by atoms with Gasteiger partial charge in [-0.05, 0) is 24.3 Å². The van der Waals surface area contributed by atoms with Crippen LogP contribution in [0.5, 0.6) is 5.75 Å². The maximum absolute atomic E-state index is 10.1. The van der Waals surface area contributed by atoms with E-state index in [0.29, 0.717) is 11.3 Å². The van der Waals surface area contributed by atoms with Gasteiger partial charge in [-0.15, -0.1) is 0 Å². The lowest BCUT2D eigenvalue weighted by Gasteiger charge is -2.28. The topological polar surface area (TPSA) is 163 Å². The average Bonchev–Trinajstić information content (AvgIpc) is 3.16. The Bertz CT molecular complexity index is 803. The van der Waals surface area contributed by atoms with E-state index in [0.717, 1.165) is 0 Å². The van der Waals surface area contributed by atoms with Crippen molar-refractivity contribution in [2.45, 2.75) is 24.4 Å². The second-order valence-corrected chi connectivity index (χ2v) is 6.19. The summed E-state index contributed by atoms with van der Waals surface area (Å²) in [4.78, 5) is 5.48. The molecule has 0 radical (unpaired) electrons. The number of aromatic nitrogens is 1. The van der Waals surface area contributed by atoms with Crippen molar-refractivity contribution in [3.63, 3.8) is 0 Å². The van der Waals surface area contributed by atoms with Gasteiger partial charge in [-0.1, -0.05) is 0 Å². The van der Waals surface area contributed by atoms with Crippen LogP contribution in [0.1, 0.15) is 5.69 Å². The predicted octanol–water partition coefficient (Wildman–Crippen LogP) is -0.906. The summed E-state index contributed by atoms with van der Waals surface area (Å²) < 4.78 is 10.7. The Morgan fingerprint density at radius 1 is 1.14 bits per heavy atom. The number of ether oxygens (including phenoxy) is 1. The maximum Gasteiger partial charge on any atom is 0.234 e. The maximum atomic E-state index is 10.1. The van der Waals surface area contributed by atoms with Crippen LogP contribution in [-0.4, -0.2) is 82.2 Å². The number of benzene rings is 1. The second kappa shape index (κ2) is 9.50. The summed E-state index contributed by atoms with van der Waals surface area (Å²) >= 11 is 0. The van der Waals surface area contributed by atoms with Crippen molar-refractivity contribution in [2.75, 3.05) is 32.2 Å². The Morgan fingerprint density at radius 3 is 2.29 bits per heavy atom. The molecule has 0 saturated carbocycles. The van der Waals surface area contributed by atoms with Gasteiger partial charge in [-0.25, -0.2) is 0 Å². The number of aliphatic hydroxyl groups excluding tert-OH is 5. The summed E-state index contributed by atoms with van der Waals surface area (Å²) in [5.41, 5.74) is 0.588. The van der Waals surface area contributed by atoms with E-state index in [-0.39, 0.29) is 24.0 Å². The fourth-order valence-corrected chi connectivity index (χ4v) is 2.54. The first kappa shape index (κ1) is 21.6. The Balaban J connectivity index is 2.17. The van der Waals surface area contributed by atoms with E-state index in [1.54, 1.807) is 24.3 Å². The van der Waals surface area contributed by atoms with Crippen LogP contribution in [0.2, 0.25) is 0 Å². The summed E-state index contributed by atoms with van der Waals surface area (Å²) in [6.07, 6.45) is -6.56. The van der Waals surface area contributed by atoms with E-state index < -0.39 is 31.0 Å². The van der Waals surface area contributed by atoms with Gasteiger partial charge in [0.25, 0.3) is 0 Å². The van der Waals surface area contributed by atoms with E-state index >= 15 is 0 Å². The molecule has 0 saturated heterocycles. The van der Waals surface area contributed by atoms with Crippen LogP contribution >= 0.6 is 0 Å². The van der Waals surface area contributed by atoms with Gasteiger partial charge in [0.05, 0.1) is 13.7 Å². The molecule has 0 aliphatic carbocycles. The van der Waals surface area contributed by atoms with Crippen molar-refractivity contribution in [2.24, 2.45) is 0 Å². The molecule has 0 aliphatic heterocycles. The van der Waals surface area contributed by atoms with Crippen molar-refractivity contribution in [3.05, 3.63) is 30.0 Å². The highest BCUT2D eigenvalue weighted by molar-refractivity contribution is 5.60. The lowest BCUT2D eigenvalue weighted by atomic mass is 10.0. The molecule has 10 heteroatoms. The second-order valence-electron chi connectivity index (χ2n) is 6.19. The third-order valence-corrected chi connectivity index (χ3v) is 4.19. The van der Waals surface area contributed by atoms with Crippen LogP contribution in [0.4, 0.5) is 5.88 Å². The Kier molecular flexibility index (Phi) is 7.33. The molecule has 0 bridgehead atoms. The highest BCUT2D eigenvalue weighted by Gasteiger charge is 2.31. The van der Waals surface area contributed by atoms with E-state index in [4.69, 9.17) is 14.3 Å². The molecule has 0 aliphatic rings. The van der Waals surface area contributed by atoms with E-state index in [1.165, 1.54) is 19.1 Å². The van der Waals surface area contributed by atoms with Gasteiger partial charge in [0.1, 0.15) is 36.2 Å². The molecule has 10 nitrogen and oxygen atoms in total. The van der Waals surface area contributed by atoms with Crippen LogP contribution in [-0.2, 0) is 0 Å². The molecule has 1 aromatic heterocycles. The molecule has 4 unspecified atom stereocenters. The van der Waals surface area contributed by atoms with Gasteiger partial charge < -0.3 is 39.6 Å². The average molecular weight is 393 g/mol. The normalized spacial score (nSPS) is 15.4. The van der Waals surface area contributed by atoms with Crippen molar-refractivity contribution < 1.29 is 34.7 Å². The molecule has 2 aromatic rings. The minimum Gasteiger partial charge on any atom is -0.497 e. The van der Waals surface area contributed by atoms with Gasteiger partial charge >= 0.3 is 0 Å². The molecule has 28 heavy (non-hydrogen) atoms. The number of rotatable bonds is 9. The first-order valence-electron chi connectivity index (χ1n) is 8.42. The summed E-state index contributed by atoms with van der Waals surface area (Å²) in [7, 11) is 3.04. The van der Waals surface area contributed by atoms with Crippen LogP contribution < -0.4 is 9.64 Å². The largest absolute Gasteiger partial charge is 0.497 e. The predicted molar refractivity (Wildman–Crippen MR) is 97.6 cm³/mol. The minimum atomic E-state index is -1.74. The number of hydrogen-bond acceptors (Lipinski definition) is 10. The Morgan fingerprint density at radius 2 is 1.75 bits per heavy atom. The fourth-order valence-electron chi connectivity index (χ4n) is 2.54. The van der Waals surface area contributed by atoms with Crippen molar-refractivity contribution in [1.82, 2.24) is 4.98 Å². The summed E-state index contributed by atoms with van der Waals surface area (Å²) in [6, 6.07) is 8.74. The molecule has 1 heterocycles. The number of oxazole rings is 1. The molecule has 0 fully saturated rings. The van der Waals surface area contributed by atoms with Crippen LogP contribution in [0.3, 0.4) is 0 Å². The molecule has 4 atom stereocenters. The monoisotopic (exact) mass is 393 g/mol. The molecule has 152 valence electrons. The zero-order chi connectivity index (χ0) is 20.8. The van der Waals surface area contributed by atoms with Gasteiger partial charge in [0.2, 0.25) is 17.5 Å². The molecule has 5 N–H and O–H groups in total. The fraction of sp³-hybridized carbons (Fsp3) is 0.444. The highest BCUT2D eigenvalue weighted by atomic mass is 16.5. The van der Waals surface area contributed by atoms with Crippen molar-refractivity contribution in [3.8, 4) is 23.3 Å². The molecular formula is C18H23N3O7. The van der Waals surface area contributed by atoms with E-state index in [9.17, 15) is 25.7 Å². The molecule has 0 amide bonds. The Labute approximate surface area is 161 Å². The quantitative estimate of drug-likeness (QED) is 0.360. The number of nitrogens with zero attached hydrogens (tertiary/aromatic N) is 3.